The van der Waals surface area contributed by atoms with Crippen LogP contribution in [-0.4, -0.2) is 108 Å². The molecule has 1 atom stereocenters. The number of ether oxygens (including phenoxy) is 1. The van der Waals surface area contributed by atoms with Crippen molar-refractivity contribution < 1.29 is 32.7 Å². The zero-order chi connectivity index (χ0) is 40.2. The summed E-state index contributed by atoms with van der Waals surface area (Å²) in [5.74, 6) is -0.354. The number of carbonyl (C=O) groups excluding carboxylic acids is 4. The van der Waals surface area contributed by atoms with E-state index in [1.54, 1.807) is 23.1 Å². The van der Waals surface area contributed by atoms with Gasteiger partial charge >= 0.3 is 0 Å². The Labute approximate surface area is 337 Å². The van der Waals surface area contributed by atoms with Crippen LogP contribution >= 0.6 is 0 Å². The summed E-state index contributed by atoms with van der Waals surface area (Å²) in [5.41, 5.74) is 2.65. The van der Waals surface area contributed by atoms with E-state index < -0.39 is 11.9 Å². The fraction of sp³-hybridized carbons (Fsp3) is 0.535. The highest BCUT2D eigenvalue weighted by Crippen LogP contribution is 2.34. The molecule has 1 aromatic heterocycles. The first-order chi connectivity index (χ1) is 28.2. The van der Waals surface area contributed by atoms with Crippen molar-refractivity contribution in [3.05, 3.63) is 65.9 Å². The number of imide groups is 1. The molecule has 5 aliphatic rings. The summed E-state index contributed by atoms with van der Waals surface area (Å²) in [5, 5.41) is 8.77. The zero-order valence-electron chi connectivity index (χ0n) is 32.8. The third kappa shape index (κ3) is 9.31. The summed E-state index contributed by atoms with van der Waals surface area (Å²) < 4.78 is 35.5. The number of amides is 4. The average molecular weight is 799 g/mol. The van der Waals surface area contributed by atoms with Gasteiger partial charge in [-0.2, -0.15) is 0 Å². The van der Waals surface area contributed by atoms with E-state index in [9.17, 15) is 23.6 Å². The Morgan fingerprint density at radius 1 is 0.862 bits per heavy atom. The van der Waals surface area contributed by atoms with Crippen LogP contribution in [-0.2, 0) is 23.9 Å². The Kier molecular flexibility index (Phi) is 12.3. The van der Waals surface area contributed by atoms with Gasteiger partial charge in [-0.1, -0.05) is 18.2 Å². The van der Waals surface area contributed by atoms with Gasteiger partial charge < -0.3 is 30.1 Å². The number of carbonyl (C=O) groups is 4. The highest BCUT2D eigenvalue weighted by atomic mass is 19.1. The van der Waals surface area contributed by atoms with Gasteiger partial charge in [-0.25, -0.2) is 18.7 Å². The normalized spacial score (nSPS) is 24.1. The predicted octanol–water partition coefficient (Wildman–Crippen LogP) is 5.09. The van der Waals surface area contributed by atoms with Gasteiger partial charge in [0.1, 0.15) is 24.2 Å². The van der Waals surface area contributed by atoms with E-state index in [1.807, 2.05) is 18.2 Å². The molecule has 3 N–H and O–H groups in total. The first kappa shape index (κ1) is 39.8. The fourth-order valence-corrected chi connectivity index (χ4v) is 9.28. The molecular weight excluding hydrogens is 747 g/mol. The molecule has 8 rings (SSSR count). The largest absolute Gasteiger partial charge is 0.374 e. The van der Waals surface area contributed by atoms with E-state index in [1.165, 1.54) is 12.3 Å². The van der Waals surface area contributed by atoms with Gasteiger partial charge in [-0.3, -0.25) is 24.5 Å². The molecule has 5 heterocycles. The van der Waals surface area contributed by atoms with E-state index in [0.717, 1.165) is 84.1 Å². The molecule has 308 valence electrons. The molecule has 0 bridgehead atoms. The summed E-state index contributed by atoms with van der Waals surface area (Å²) in [7, 11) is 0. The maximum Gasteiger partial charge on any atom is 0.253 e. The van der Waals surface area contributed by atoms with Gasteiger partial charge in [-0.15, -0.1) is 0 Å². The van der Waals surface area contributed by atoms with Crippen molar-refractivity contribution in [1.29, 1.82) is 0 Å². The van der Waals surface area contributed by atoms with Crippen LogP contribution in [0.5, 0.6) is 0 Å². The molecule has 5 fully saturated rings. The van der Waals surface area contributed by atoms with Gasteiger partial charge in [-0.05, 0) is 113 Å². The molecule has 4 amide bonds. The zero-order valence-corrected chi connectivity index (χ0v) is 32.8. The van der Waals surface area contributed by atoms with Crippen molar-refractivity contribution in [3.8, 4) is 11.3 Å². The first-order valence-electron chi connectivity index (χ1n) is 20.9. The van der Waals surface area contributed by atoms with Gasteiger partial charge in [0.25, 0.3) is 5.91 Å². The maximum atomic E-state index is 15.2. The number of hydrogen-bond donors (Lipinski definition) is 3. The minimum atomic E-state index is -0.547. The standard InChI is InChI=1S/C43H52F2N8O5/c44-35-23-32(47-37-10-11-38(54)49-41(37)56)8-9-34(35)28-14-16-51(17-15-28)25-27-12-18-52(19-13-27)42(57)29-4-6-31(7-5-29)48-43-46-24-36(45)40(50-43)30-2-1-3-33(22-30)53-20-21-58-26-39(53)55/h1-3,8-9,22-24,27-29,31,37,47H,4-7,10-21,25-26H2,(H,46,48,50)(H,49,54,56)/t29-,31-,37?. The van der Waals surface area contributed by atoms with Crippen LogP contribution in [0.2, 0.25) is 0 Å². The summed E-state index contributed by atoms with van der Waals surface area (Å²) in [6, 6.07) is 11.8. The quantitative estimate of drug-likeness (QED) is 0.237. The van der Waals surface area contributed by atoms with Crippen molar-refractivity contribution in [3.63, 3.8) is 0 Å². The first-order valence-corrected chi connectivity index (χ1v) is 20.9. The number of nitrogens with zero attached hydrogens (tertiary/aromatic N) is 5. The molecule has 3 aromatic rings. The minimum absolute atomic E-state index is 0.00774. The number of halogens is 2. The second-order valence-corrected chi connectivity index (χ2v) is 16.5. The van der Waals surface area contributed by atoms with Crippen LogP contribution in [0.25, 0.3) is 11.3 Å². The average Bonchev–Trinajstić information content (AvgIpc) is 3.23. The molecule has 1 aliphatic carbocycles. The molecule has 13 nitrogen and oxygen atoms in total. The number of benzene rings is 2. The molecule has 15 heteroatoms. The van der Waals surface area contributed by atoms with Gasteiger partial charge in [0.15, 0.2) is 5.82 Å². The van der Waals surface area contributed by atoms with Crippen LogP contribution in [0, 0.1) is 23.5 Å². The maximum absolute atomic E-state index is 15.2. The van der Waals surface area contributed by atoms with Crippen LogP contribution in [0.4, 0.5) is 26.1 Å². The lowest BCUT2D eigenvalue weighted by Gasteiger charge is -2.39. The van der Waals surface area contributed by atoms with Crippen molar-refractivity contribution in [2.45, 2.75) is 82.2 Å². The summed E-state index contributed by atoms with van der Waals surface area (Å²) in [6.45, 7) is 5.26. The number of hydrogen-bond acceptors (Lipinski definition) is 10. The molecule has 2 aromatic carbocycles. The van der Waals surface area contributed by atoms with Crippen molar-refractivity contribution in [2.24, 2.45) is 11.8 Å². The minimum Gasteiger partial charge on any atom is -0.374 e. The van der Waals surface area contributed by atoms with E-state index in [4.69, 9.17) is 4.74 Å². The summed E-state index contributed by atoms with van der Waals surface area (Å²) in [6.07, 6.45) is 8.68. The lowest BCUT2D eigenvalue weighted by Crippen LogP contribution is -2.47. The molecule has 58 heavy (non-hydrogen) atoms. The number of piperidine rings is 3. The van der Waals surface area contributed by atoms with E-state index in [2.05, 4.69) is 35.7 Å². The van der Waals surface area contributed by atoms with Crippen molar-refractivity contribution >= 4 is 41.0 Å². The van der Waals surface area contributed by atoms with Gasteiger partial charge in [0.05, 0.1) is 12.8 Å². The highest BCUT2D eigenvalue weighted by Gasteiger charge is 2.33. The molecule has 1 unspecified atom stereocenters. The lowest BCUT2D eigenvalue weighted by atomic mass is 9.84. The SMILES string of the molecule is O=C1CCC(Nc2ccc(C3CCN(CC4CCN(C(=O)[C@H]5CC[C@H](Nc6ncc(F)c(-c7cccc(N8CCOCC8=O)c7)n6)CC5)CC4)CC3)c(F)c2)C(=O)N1. The summed E-state index contributed by atoms with van der Waals surface area (Å²) in [4.78, 5) is 64.4. The van der Waals surface area contributed by atoms with Crippen LogP contribution in [0.1, 0.15) is 75.7 Å². The summed E-state index contributed by atoms with van der Waals surface area (Å²) >= 11 is 0. The van der Waals surface area contributed by atoms with Crippen molar-refractivity contribution in [1.82, 2.24) is 25.1 Å². The number of aromatic nitrogens is 2. The lowest BCUT2D eigenvalue weighted by molar-refractivity contribution is -0.138. The Morgan fingerprint density at radius 3 is 2.40 bits per heavy atom. The molecular formula is C43H52F2N8O5. The van der Waals surface area contributed by atoms with E-state index >= 15 is 4.39 Å². The van der Waals surface area contributed by atoms with Crippen LogP contribution < -0.4 is 20.9 Å². The topological polar surface area (TPSA) is 149 Å². The van der Waals surface area contributed by atoms with Gasteiger partial charge in [0, 0.05) is 61.5 Å². The van der Waals surface area contributed by atoms with Gasteiger partial charge in [0.2, 0.25) is 23.7 Å². The third-order valence-electron chi connectivity index (χ3n) is 12.6. The number of rotatable bonds is 10. The Bertz CT molecular complexity index is 1990. The molecule has 0 spiro atoms. The Hall–Kier alpha value is -5.02. The highest BCUT2D eigenvalue weighted by molar-refractivity contribution is 6.01. The third-order valence-corrected chi connectivity index (χ3v) is 12.6. The second-order valence-electron chi connectivity index (χ2n) is 16.5. The second kappa shape index (κ2) is 17.9. The number of anilines is 3. The van der Waals surface area contributed by atoms with Crippen LogP contribution in [0.15, 0.2) is 48.7 Å². The van der Waals surface area contributed by atoms with E-state index in [-0.39, 0.29) is 66.0 Å². The fourth-order valence-electron chi connectivity index (χ4n) is 9.28. The number of nitrogens with one attached hydrogen (secondary N) is 3. The predicted molar refractivity (Wildman–Crippen MR) is 214 cm³/mol. The molecule has 1 saturated carbocycles. The van der Waals surface area contributed by atoms with Crippen molar-refractivity contribution in [2.75, 3.05) is 68.0 Å². The smallest absolute Gasteiger partial charge is 0.253 e. The molecule has 4 saturated heterocycles. The number of likely N-dealkylation sites (tertiary alicyclic amines) is 2. The number of morpholine rings is 1. The Balaban J connectivity index is 0.755. The Morgan fingerprint density at radius 2 is 1.66 bits per heavy atom. The van der Waals surface area contributed by atoms with E-state index in [0.29, 0.717) is 53.9 Å². The molecule has 4 aliphatic heterocycles. The van der Waals surface area contributed by atoms with Crippen LogP contribution in [0.3, 0.4) is 0 Å². The molecule has 0 radical (unpaired) electrons. The monoisotopic (exact) mass is 798 g/mol.